The van der Waals surface area contributed by atoms with Crippen molar-refractivity contribution in [2.24, 2.45) is 0 Å². The first kappa shape index (κ1) is 23.6. The number of benzene rings is 2. The van der Waals surface area contributed by atoms with Gasteiger partial charge < -0.3 is 19.1 Å². The Morgan fingerprint density at radius 1 is 0.875 bits per heavy atom. The van der Waals surface area contributed by atoms with Gasteiger partial charge in [0.25, 0.3) is 0 Å². The van der Waals surface area contributed by atoms with Crippen molar-refractivity contribution in [3.63, 3.8) is 0 Å². The van der Waals surface area contributed by atoms with E-state index in [1.807, 2.05) is 30.0 Å². The van der Waals surface area contributed by atoms with Crippen LogP contribution in [0.1, 0.15) is 35.7 Å². The number of nitrogens with zero attached hydrogens (tertiary/aromatic N) is 2. The molecule has 3 rings (SSSR count). The summed E-state index contributed by atoms with van der Waals surface area (Å²) in [5.41, 5.74) is 1.75. The van der Waals surface area contributed by atoms with E-state index in [4.69, 9.17) is 14.2 Å². The summed E-state index contributed by atoms with van der Waals surface area (Å²) in [6.45, 7) is 6.23. The Hall–Kier alpha value is -3.06. The van der Waals surface area contributed by atoms with Crippen LogP contribution in [0.15, 0.2) is 42.5 Å². The molecule has 1 amide bonds. The van der Waals surface area contributed by atoms with Crippen LogP contribution >= 0.6 is 0 Å². The summed E-state index contributed by atoms with van der Waals surface area (Å²) in [5.74, 6) is 2.19. The third-order valence-corrected chi connectivity index (χ3v) is 5.63. The molecule has 0 aliphatic carbocycles. The van der Waals surface area contributed by atoms with Crippen LogP contribution in [0.3, 0.4) is 0 Å². The van der Waals surface area contributed by atoms with E-state index in [1.54, 1.807) is 38.5 Å². The lowest BCUT2D eigenvalue weighted by atomic mass is 10.1. The van der Waals surface area contributed by atoms with Gasteiger partial charge >= 0.3 is 0 Å². The van der Waals surface area contributed by atoms with Gasteiger partial charge in [-0.15, -0.1) is 0 Å². The van der Waals surface area contributed by atoms with Crippen molar-refractivity contribution >= 4 is 11.7 Å². The normalized spacial score (nSPS) is 14.2. The Kier molecular flexibility index (Phi) is 8.50. The van der Waals surface area contributed by atoms with Crippen LogP contribution in [0.2, 0.25) is 0 Å². The molecule has 2 aromatic rings. The van der Waals surface area contributed by atoms with E-state index < -0.39 is 0 Å². The zero-order chi connectivity index (χ0) is 22.9. The smallest absolute Gasteiger partial charge is 0.223 e. The van der Waals surface area contributed by atoms with Crippen molar-refractivity contribution in [2.45, 2.75) is 26.3 Å². The van der Waals surface area contributed by atoms with Gasteiger partial charge in [0.05, 0.1) is 20.8 Å². The Bertz CT molecular complexity index is 905. The van der Waals surface area contributed by atoms with Crippen LogP contribution in [0, 0.1) is 0 Å². The lowest BCUT2D eigenvalue weighted by Gasteiger charge is -2.35. The fourth-order valence-corrected chi connectivity index (χ4v) is 3.82. The molecule has 0 bridgehead atoms. The van der Waals surface area contributed by atoms with Gasteiger partial charge in [0, 0.05) is 51.1 Å². The molecule has 0 spiro atoms. The topological polar surface area (TPSA) is 68.3 Å². The molecule has 0 radical (unpaired) electrons. The number of methoxy groups -OCH3 is 2. The number of amides is 1. The molecule has 7 nitrogen and oxygen atoms in total. The summed E-state index contributed by atoms with van der Waals surface area (Å²) in [5, 5.41) is 0. The minimum Gasteiger partial charge on any atom is -0.494 e. The van der Waals surface area contributed by atoms with Crippen molar-refractivity contribution in [1.82, 2.24) is 9.80 Å². The highest BCUT2D eigenvalue weighted by molar-refractivity contribution is 5.98. The molecule has 7 heteroatoms. The van der Waals surface area contributed by atoms with Gasteiger partial charge in [-0.1, -0.05) is 6.07 Å². The minimum absolute atomic E-state index is 0.0199. The standard InChI is InChI=1S/C25H32N2O5/c1-4-32-21-8-6-20(7-9-21)22(28)10-12-25(29)27-15-13-26(14-16-27)18-19-5-11-23(30-2)24(17-19)31-3/h5-9,11,17H,4,10,12-16,18H2,1-3H3. The van der Waals surface area contributed by atoms with Gasteiger partial charge in [-0.3, -0.25) is 14.5 Å². The zero-order valence-corrected chi connectivity index (χ0v) is 19.1. The van der Waals surface area contributed by atoms with Crippen LogP contribution < -0.4 is 14.2 Å². The molecule has 0 saturated carbocycles. The third-order valence-electron chi connectivity index (χ3n) is 5.63. The maximum Gasteiger partial charge on any atom is 0.223 e. The van der Waals surface area contributed by atoms with Crippen LogP contribution in [-0.2, 0) is 11.3 Å². The molecule has 1 aliphatic rings. The summed E-state index contributed by atoms with van der Waals surface area (Å²) < 4.78 is 16.1. The molecule has 1 aliphatic heterocycles. The van der Waals surface area contributed by atoms with Crippen LogP contribution in [0.4, 0.5) is 0 Å². The summed E-state index contributed by atoms with van der Waals surface area (Å²) in [6.07, 6.45) is 0.459. The number of ether oxygens (including phenoxy) is 3. The van der Waals surface area contributed by atoms with E-state index in [2.05, 4.69) is 4.90 Å². The van der Waals surface area contributed by atoms with E-state index in [0.29, 0.717) is 31.0 Å². The molecule has 1 heterocycles. The Morgan fingerprint density at radius 3 is 2.19 bits per heavy atom. The number of piperazine rings is 1. The quantitative estimate of drug-likeness (QED) is 0.528. The Labute approximate surface area is 189 Å². The van der Waals surface area contributed by atoms with E-state index in [-0.39, 0.29) is 24.5 Å². The Balaban J connectivity index is 1.43. The lowest BCUT2D eigenvalue weighted by Crippen LogP contribution is -2.48. The van der Waals surface area contributed by atoms with Crippen molar-refractivity contribution in [2.75, 3.05) is 47.0 Å². The van der Waals surface area contributed by atoms with E-state index in [1.165, 1.54) is 0 Å². The molecule has 2 aromatic carbocycles. The molecular weight excluding hydrogens is 408 g/mol. The number of ketones is 1. The predicted octanol–water partition coefficient (Wildman–Crippen LogP) is 3.41. The van der Waals surface area contributed by atoms with Crippen molar-refractivity contribution < 1.29 is 23.8 Å². The molecule has 1 fully saturated rings. The molecule has 0 aromatic heterocycles. The maximum absolute atomic E-state index is 12.6. The van der Waals surface area contributed by atoms with Gasteiger partial charge in [-0.05, 0) is 48.9 Å². The van der Waals surface area contributed by atoms with Crippen LogP contribution in [0.5, 0.6) is 17.2 Å². The van der Waals surface area contributed by atoms with Crippen LogP contribution in [0.25, 0.3) is 0 Å². The minimum atomic E-state index is -0.0199. The highest BCUT2D eigenvalue weighted by atomic mass is 16.5. The molecule has 0 N–H and O–H groups in total. The predicted molar refractivity (Wildman–Crippen MR) is 123 cm³/mol. The van der Waals surface area contributed by atoms with Gasteiger partial charge in [0.1, 0.15) is 5.75 Å². The van der Waals surface area contributed by atoms with E-state index in [9.17, 15) is 9.59 Å². The second-order valence-electron chi connectivity index (χ2n) is 7.73. The molecule has 0 unspecified atom stereocenters. The number of Topliss-reactive ketones (excluding diaryl/α,β-unsaturated/α-hetero) is 1. The van der Waals surface area contributed by atoms with Gasteiger partial charge in [0.2, 0.25) is 5.91 Å². The average molecular weight is 441 g/mol. The second-order valence-corrected chi connectivity index (χ2v) is 7.73. The zero-order valence-electron chi connectivity index (χ0n) is 19.1. The first-order valence-corrected chi connectivity index (χ1v) is 11.0. The molecular formula is C25H32N2O5. The Morgan fingerprint density at radius 2 is 1.56 bits per heavy atom. The number of carbonyl (C=O) groups excluding carboxylic acids is 2. The summed E-state index contributed by atoms with van der Waals surface area (Å²) in [4.78, 5) is 29.2. The summed E-state index contributed by atoms with van der Waals surface area (Å²) in [7, 11) is 3.26. The fraction of sp³-hybridized carbons (Fsp3) is 0.440. The summed E-state index contributed by atoms with van der Waals surface area (Å²) >= 11 is 0. The van der Waals surface area contributed by atoms with E-state index in [0.717, 1.165) is 36.7 Å². The third kappa shape index (κ3) is 6.23. The second kappa shape index (κ2) is 11.5. The molecule has 1 saturated heterocycles. The SMILES string of the molecule is CCOc1ccc(C(=O)CCC(=O)N2CCN(Cc3ccc(OC)c(OC)c3)CC2)cc1. The largest absolute Gasteiger partial charge is 0.494 e. The fourth-order valence-electron chi connectivity index (χ4n) is 3.82. The first-order chi connectivity index (χ1) is 15.5. The molecule has 0 atom stereocenters. The molecule has 172 valence electrons. The van der Waals surface area contributed by atoms with E-state index >= 15 is 0 Å². The maximum atomic E-state index is 12.6. The number of hydrogen-bond acceptors (Lipinski definition) is 6. The lowest BCUT2D eigenvalue weighted by molar-refractivity contribution is -0.132. The highest BCUT2D eigenvalue weighted by Crippen LogP contribution is 2.28. The first-order valence-electron chi connectivity index (χ1n) is 11.0. The van der Waals surface area contributed by atoms with Gasteiger partial charge in [0.15, 0.2) is 17.3 Å². The van der Waals surface area contributed by atoms with Crippen molar-refractivity contribution in [1.29, 1.82) is 0 Å². The van der Waals surface area contributed by atoms with Crippen LogP contribution in [-0.4, -0.2) is 68.5 Å². The monoisotopic (exact) mass is 440 g/mol. The number of hydrogen-bond donors (Lipinski definition) is 0. The van der Waals surface area contributed by atoms with Crippen molar-refractivity contribution in [3.8, 4) is 17.2 Å². The number of carbonyl (C=O) groups is 2. The number of rotatable bonds is 10. The summed E-state index contributed by atoms with van der Waals surface area (Å²) in [6, 6.07) is 13.0. The molecule has 32 heavy (non-hydrogen) atoms. The highest BCUT2D eigenvalue weighted by Gasteiger charge is 2.22. The van der Waals surface area contributed by atoms with Gasteiger partial charge in [-0.2, -0.15) is 0 Å². The average Bonchev–Trinajstić information content (AvgIpc) is 2.83. The van der Waals surface area contributed by atoms with Gasteiger partial charge in [-0.25, -0.2) is 0 Å². The van der Waals surface area contributed by atoms with Crippen molar-refractivity contribution in [3.05, 3.63) is 53.6 Å².